The monoisotopic (exact) mass is 483 g/mol. The lowest BCUT2D eigenvalue weighted by Crippen LogP contribution is -2.06. The van der Waals surface area contributed by atoms with Crippen molar-refractivity contribution < 1.29 is 9.47 Å². The van der Waals surface area contributed by atoms with Crippen molar-refractivity contribution in [3.05, 3.63) is 20.6 Å². The molecular formula is C17H19Br2N5O2. The fourth-order valence-corrected chi connectivity index (χ4v) is 3.28. The molecule has 0 aliphatic carbocycles. The average Bonchev–Trinajstić information content (AvgIpc) is 2.60. The van der Waals surface area contributed by atoms with E-state index in [1.54, 1.807) is 6.07 Å². The molecule has 1 aromatic carbocycles. The van der Waals surface area contributed by atoms with Crippen LogP contribution < -0.4 is 20.9 Å². The van der Waals surface area contributed by atoms with Gasteiger partial charge in [0, 0.05) is 10.0 Å². The van der Waals surface area contributed by atoms with Gasteiger partial charge in [-0.05, 0) is 51.3 Å². The molecule has 9 heteroatoms. The first kappa shape index (κ1) is 20.3. The van der Waals surface area contributed by atoms with Crippen LogP contribution >= 0.6 is 31.9 Å². The molecule has 0 unspecified atom stereocenters. The van der Waals surface area contributed by atoms with Gasteiger partial charge in [-0.1, -0.05) is 13.3 Å². The van der Waals surface area contributed by atoms with E-state index in [9.17, 15) is 5.26 Å². The third-order valence-corrected chi connectivity index (χ3v) is 5.61. The van der Waals surface area contributed by atoms with E-state index in [1.807, 2.05) is 13.0 Å². The number of aromatic nitrogens is 2. The molecule has 0 saturated heterocycles. The number of nitrogen functional groups attached to an aromatic ring is 2. The summed E-state index contributed by atoms with van der Waals surface area (Å²) in [5.74, 6) is 1.14. The van der Waals surface area contributed by atoms with Crippen molar-refractivity contribution in [3.63, 3.8) is 0 Å². The predicted octanol–water partition coefficient (Wildman–Crippen LogP) is 4.28. The Hall–Kier alpha value is -2.05. The minimum absolute atomic E-state index is 0.0132. The summed E-state index contributed by atoms with van der Waals surface area (Å²) < 4.78 is 12.9. The van der Waals surface area contributed by atoms with Crippen LogP contribution in [-0.4, -0.2) is 23.2 Å². The zero-order chi connectivity index (χ0) is 19.3. The van der Waals surface area contributed by atoms with E-state index in [1.165, 1.54) is 0 Å². The van der Waals surface area contributed by atoms with Crippen LogP contribution in [0.2, 0.25) is 0 Å². The molecule has 0 atom stereocenters. The van der Waals surface area contributed by atoms with Crippen molar-refractivity contribution >= 4 is 43.6 Å². The van der Waals surface area contributed by atoms with Gasteiger partial charge in [-0.25, -0.2) is 4.98 Å². The third-order valence-electron chi connectivity index (χ3n) is 3.49. The minimum atomic E-state index is -0.0132. The maximum atomic E-state index is 9.45. The number of ether oxygens (including phenoxy) is 2. The molecule has 1 aromatic heterocycles. The molecule has 0 aliphatic rings. The molecule has 0 amide bonds. The lowest BCUT2D eigenvalue weighted by Gasteiger charge is -2.18. The highest BCUT2D eigenvalue weighted by Gasteiger charge is 2.22. The molecule has 1 heterocycles. The first-order chi connectivity index (χ1) is 12.4. The van der Waals surface area contributed by atoms with Gasteiger partial charge in [0.15, 0.2) is 11.5 Å². The summed E-state index contributed by atoms with van der Waals surface area (Å²) in [5.41, 5.74) is 12.6. The SMILES string of the molecule is CCCCOc1c(OCC)cc(-c2nc(N)nc(N)c2C#N)c(Br)c1Br. The number of halogens is 2. The van der Waals surface area contributed by atoms with Crippen LogP contribution in [-0.2, 0) is 0 Å². The van der Waals surface area contributed by atoms with E-state index in [-0.39, 0.29) is 17.3 Å². The van der Waals surface area contributed by atoms with Gasteiger partial charge in [0.25, 0.3) is 0 Å². The van der Waals surface area contributed by atoms with Gasteiger partial charge in [0.2, 0.25) is 5.95 Å². The summed E-state index contributed by atoms with van der Waals surface area (Å²) >= 11 is 7.08. The van der Waals surface area contributed by atoms with Crippen LogP contribution in [0.15, 0.2) is 15.0 Å². The molecule has 0 saturated carbocycles. The van der Waals surface area contributed by atoms with Crippen LogP contribution in [0.1, 0.15) is 32.3 Å². The van der Waals surface area contributed by atoms with Gasteiger partial charge < -0.3 is 20.9 Å². The Morgan fingerprint density at radius 1 is 1.15 bits per heavy atom. The molecule has 2 aromatic rings. The molecule has 26 heavy (non-hydrogen) atoms. The fraction of sp³-hybridized carbons (Fsp3) is 0.353. The second-order valence-electron chi connectivity index (χ2n) is 5.32. The van der Waals surface area contributed by atoms with E-state index in [2.05, 4.69) is 48.8 Å². The Morgan fingerprint density at radius 3 is 2.50 bits per heavy atom. The van der Waals surface area contributed by atoms with Gasteiger partial charge in [0.1, 0.15) is 17.5 Å². The lowest BCUT2D eigenvalue weighted by molar-refractivity contribution is 0.271. The van der Waals surface area contributed by atoms with Gasteiger partial charge in [-0.3, -0.25) is 0 Å². The summed E-state index contributed by atoms with van der Waals surface area (Å²) in [6.45, 7) is 5.00. The van der Waals surface area contributed by atoms with E-state index in [4.69, 9.17) is 20.9 Å². The number of benzene rings is 1. The Labute approximate surface area is 169 Å². The topological polar surface area (TPSA) is 120 Å². The molecular weight excluding hydrogens is 466 g/mol. The van der Waals surface area contributed by atoms with Crippen LogP contribution in [0.5, 0.6) is 11.5 Å². The van der Waals surface area contributed by atoms with Gasteiger partial charge in [-0.15, -0.1) is 0 Å². The van der Waals surface area contributed by atoms with Crippen molar-refractivity contribution in [1.29, 1.82) is 5.26 Å². The number of unbranched alkanes of at least 4 members (excludes halogenated alkanes) is 1. The van der Waals surface area contributed by atoms with E-state index >= 15 is 0 Å². The molecule has 0 aliphatic heterocycles. The molecule has 2 rings (SSSR count). The normalized spacial score (nSPS) is 10.4. The Kier molecular flexibility index (Phi) is 7.06. The van der Waals surface area contributed by atoms with Crippen LogP contribution in [0, 0.1) is 11.3 Å². The first-order valence-electron chi connectivity index (χ1n) is 8.05. The fourth-order valence-electron chi connectivity index (χ4n) is 2.28. The number of hydrogen-bond donors (Lipinski definition) is 2. The van der Waals surface area contributed by atoms with E-state index in [0.717, 1.165) is 12.8 Å². The molecule has 0 radical (unpaired) electrons. The summed E-state index contributed by atoms with van der Waals surface area (Å²) in [5, 5.41) is 9.45. The highest BCUT2D eigenvalue weighted by molar-refractivity contribution is 9.13. The predicted molar refractivity (Wildman–Crippen MR) is 108 cm³/mol. The molecule has 0 bridgehead atoms. The van der Waals surface area contributed by atoms with Crippen LogP contribution in [0.3, 0.4) is 0 Å². The highest BCUT2D eigenvalue weighted by atomic mass is 79.9. The highest BCUT2D eigenvalue weighted by Crippen LogP contribution is 2.46. The summed E-state index contributed by atoms with van der Waals surface area (Å²) in [4.78, 5) is 8.05. The minimum Gasteiger partial charge on any atom is -0.490 e. The summed E-state index contributed by atoms with van der Waals surface area (Å²) in [6.07, 6.45) is 1.95. The van der Waals surface area contributed by atoms with Crippen molar-refractivity contribution in [2.45, 2.75) is 26.7 Å². The third kappa shape index (κ3) is 4.19. The molecule has 0 fully saturated rings. The van der Waals surface area contributed by atoms with Gasteiger partial charge in [0.05, 0.1) is 23.4 Å². The Bertz CT molecular complexity index is 852. The molecule has 4 N–H and O–H groups in total. The molecule has 138 valence electrons. The van der Waals surface area contributed by atoms with Gasteiger partial charge in [-0.2, -0.15) is 10.2 Å². The lowest BCUT2D eigenvalue weighted by atomic mass is 10.1. The standard InChI is InChI=1S/C17H19Br2N5O2/c1-3-5-6-26-15-11(25-4-2)7-9(12(18)13(15)19)14-10(8-20)16(21)24-17(22)23-14/h7H,3-6H2,1-2H3,(H4,21,22,23,24). The summed E-state index contributed by atoms with van der Waals surface area (Å²) in [6, 6.07) is 3.78. The average molecular weight is 485 g/mol. The first-order valence-corrected chi connectivity index (χ1v) is 9.64. The Morgan fingerprint density at radius 2 is 1.88 bits per heavy atom. The number of hydrogen-bond acceptors (Lipinski definition) is 7. The second kappa shape index (κ2) is 9.05. The maximum Gasteiger partial charge on any atom is 0.222 e. The van der Waals surface area contributed by atoms with Crippen LogP contribution in [0.25, 0.3) is 11.3 Å². The number of nitrogens with zero attached hydrogens (tertiary/aromatic N) is 3. The number of anilines is 2. The quantitative estimate of drug-likeness (QED) is 0.562. The molecule has 7 nitrogen and oxygen atoms in total. The van der Waals surface area contributed by atoms with Crippen molar-refractivity contribution in [2.75, 3.05) is 24.7 Å². The zero-order valence-electron chi connectivity index (χ0n) is 14.5. The van der Waals surface area contributed by atoms with Crippen molar-refractivity contribution in [2.24, 2.45) is 0 Å². The molecule has 0 spiro atoms. The van der Waals surface area contributed by atoms with Crippen molar-refractivity contribution in [1.82, 2.24) is 9.97 Å². The zero-order valence-corrected chi connectivity index (χ0v) is 17.6. The largest absolute Gasteiger partial charge is 0.490 e. The number of rotatable bonds is 7. The number of nitrogens with two attached hydrogens (primary N) is 2. The van der Waals surface area contributed by atoms with Gasteiger partial charge >= 0.3 is 0 Å². The number of nitriles is 1. The smallest absolute Gasteiger partial charge is 0.222 e. The summed E-state index contributed by atoms with van der Waals surface area (Å²) in [7, 11) is 0. The Balaban J connectivity index is 2.67. The maximum absolute atomic E-state index is 9.45. The van der Waals surface area contributed by atoms with E-state index < -0.39 is 0 Å². The van der Waals surface area contributed by atoms with Crippen LogP contribution in [0.4, 0.5) is 11.8 Å². The second-order valence-corrected chi connectivity index (χ2v) is 6.90. The van der Waals surface area contributed by atoms with E-state index in [0.29, 0.717) is 44.9 Å². The van der Waals surface area contributed by atoms with Crippen molar-refractivity contribution in [3.8, 4) is 28.8 Å².